The molecule has 0 N–H and O–H groups in total. The van der Waals surface area contributed by atoms with Gasteiger partial charge in [-0.15, -0.1) is 0 Å². The van der Waals surface area contributed by atoms with Crippen LogP contribution >= 0.6 is 22.6 Å². The topological polar surface area (TPSA) is 44.0 Å². The fourth-order valence-corrected chi connectivity index (χ4v) is 2.30. The van der Waals surface area contributed by atoms with Crippen LogP contribution in [0.5, 0.6) is 0 Å². The Morgan fingerprint density at radius 2 is 1.65 bits per heavy atom. The van der Waals surface area contributed by atoms with Crippen LogP contribution in [-0.4, -0.2) is 9.13 Å². The average molecular weight is 350 g/mol. The molecule has 1 heterocycles. The minimum absolute atomic E-state index is 0.177. The Hall–Kier alpha value is -0.590. The SMILES string of the molecule is CC(C)Cn1cc(I)c(=O)n(CC(C)C)c1=O. The molecule has 0 amide bonds. The summed E-state index contributed by atoms with van der Waals surface area (Å²) in [6.07, 6.45) is 1.65. The van der Waals surface area contributed by atoms with Gasteiger partial charge in [-0.1, -0.05) is 27.7 Å². The molecule has 0 aliphatic rings. The summed E-state index contributed by atoms with van der Waals surface area (Å²) in [5, 5.41) is 0. The van der Waals surface area contributed by atoms with Gasteiger partial charge < -0.3 is 0 Å². The molecule has 0 radical (unpaired) electrons. The lowest BCUT2D eigenvalue weighted by Gasteiger charge is -2.14. The maximum absolute atomic E-state index is 12.1. The number of hydrogen-bond donors (Lipinski definition) is 0. The molecule has 1 aromatic heterocycles. The van der Waals surface area contributed by atoms with Crippen molar-refractivity contribution in [2.75, 3.05) is 0 Å². The van der Waals surface area contributed by atoms with Gasteiger partial charge in [0.2, 0.25) is 0 Å². The molecule has 0 bridgehead atoms. The summed E-state index contributed by atoms with van der Waals surface area (Å²) in [7, 11) is 0. The summed E-state index contributed by atoms with van der Waals surface area (Å²) in [5.74, 6) is 0.666. The van der Waals surface area contributed by atoms with Crippen LogP contribution in [0.1, 0.15) is 27.7 Å². The van der Waals surface area contributed by atoms with Crippen LogP contribution < -0.4 is 11.2 Å². The minimum Gasteiger partial charge on any atom is -0.299 e. The molecule has 0 unspecified atom stereocenters. The van der Waals surface area contributed by atoms with Crippen LogP contribution in [0.4, 0.5) is 0 Å². The summed E-state index contributed by atoms with van der Waals surface area (Å²) in [5.41, 5.74) is -0.373. The van der Waals surface area contributed by atoms with Gasteiger partial charge in [0.25, 0.3) is 5.56 Å². The second kappa shape index (κ2) is 5.84. The summed E-state index contributed by atoms with van der Waals surface area (Å²) in [6, 6.07) is 0. The second-order valence-electron chi connectivity index (χ2n) is 5.12. The molecule has 0 saturated heterocycles. The van der Waals surface area contributed by atoms with Crippen molar-refractivity contribution < 1.29 is 0 Å². The molecule has 0 fully saturated rings. The third kappa shape index (κ3) is 3.69. The van der Waals surface area contributed by atoms with Crippen LogP contribution in [0.15, 0.2) is 15.8 Å². The molecule has 17 heavy (non-hydrogen) atoms. The van der Waals surface area contributed by atoms with E-state index in [9.17, 15) is 9.59 Å². The molecule has 0 saturated carbocycles. The van der Waals surface area contributed by atoms with Crippen molar-refractivity contribution in [2.24, 2.45) is 11.8 Å². The fourth-order valence-electron chi connectivity index (χ4n) is 1.67. The highest BCUT2D eigenvalue weighted by molar-refractivity contribution is 14.1. The summed E-state index contributed by atoms with van der Waals surface area (Å²) < 4.78 is 3.58. The Morgan fingerprint density at radius 1 is 1.12 bits per heavy atom. The van der Waals surface area contributed by atoms with Crippen molar-refractivity contribution >= 4 is 22.6 Å². The molecule has 0 aromatic carbocycles. The van der Waals surface area contributed by atoms with Crippen LogP contribution in [0.3, 0.4) is 0 Å². The molecule has 0 aliphatic carbocycles. The molecule has 96 valence electrons. The number of hydrogen-bond acceptors (Lipinski definition) is 2. The highest BCUT2D eigenvalue weighted by atomic mass is 127. The van der Waals surface area contributed by atoms with Gasteiger partial charge in [-0.3, -0.25) is 13.9 Å². The monoisotopic (exact) mass is 350 g/mol. The first-order valence-electron chi connectivity index (χ1n) is 5.82. The largest absolute Gasteiger partial charge is 0.331 e. The van der Waals surface area contributed by atoms with E-state index in [0.717, 1.165) is 0 Å². The Balaban J connectivity index is 3.33. The predicted octanol–water partition coefficient (Wildman–Crippen LogP) is 1.93. The Labute approximate surface area is 115 Å². The Bertz CT molecular complexity index is 500. The highest BCUT2D eigenvalue weighted by Gasteiger charge is 2.11. The standard InChI is InChI=1S/C12H19IN2O2/c1-8(2)5-14-7-10(13)11(16)15(12(14)17)6-9(3)4/h7-9H,5-6H2,1-4H3. The van der Waals surface area contributed by atoms with Gasteiger partial charge in [-0.05, 0) is 34.4 Å². The maximum atomic E-state index is 12.1. The van der Waals surface area contributed by atoms with E-state index >= 15 is 0 Å². The van der Waals surface area contributed by atoms with Gasteiger partial charge in [0.1, 0.15) is 0 Å². The van der Waals surface area contributed by atoms with Crippen molar-refractivity contribution in [3.05, 3.63) is 30.6 Å². The van der Waals surface area contributed by atoms with E-state index in [4.69, 9.17) is 0 Å². The molecule has 1 aromatic rings. The molecular weight excluding hydrogens is 331 g/mol. The lowest BCUT2D eigenvalue weighted by molar-refractivity contribution is 0.438. The van der Waals surface area contributed by atoms with E-state index in [-0.39, 0.29) is 17.2 Å². The quantitative estimate of drug-likeness (QED) is 0.779. The van der Waals surface area contributed by atoms with E-state index in [2.05, 4.69) is 13.8 Å². The van der Waals surface area contributed by atoms with Crippen LogP contribution in [0.25, 0.3) is 0 Å². The van der Waals surface area contributed by atoms with Crippen LogP contribution in [-0.2, 0) is 13.1 Å². The normalized spacial score (nSPS) is 11.5. The van der Waals surface area contributed by atoms with Crippen molar-refractivity contribution in [2.45, 2.75) is 40.8 Å². The first kappa shape index (κ1) is 14.5. The molecule has 1 rings (SSSR count). The van der Waals surface area contributed by atoms with E-state index < -0.39 is 0 Å². The molecule has 0 aliphatic heterocycles. The van der Waals surface area contributed by atoms with Crippen molar-refractivity contribution in [1.29, 1.82) is 0 Å². The Kier molecular flexibility index (Phi) is 4.97. The first-order chi connectivity index (χ1) is 7.82. The third-order valence-corrected chi connectivity index (χ3v) is 3.04. The zero-order valence-corrected chi connectivity index (χ0v) is 12.9. The second-order valence-corrected chi connectivity index (χ2v) is 6.28. The smallest absolute Gasteiger partial charge is 0.299 e. The maximum Gasteiger partial charge on any atom is 0.331 e. The molecule has 5 heteroatoms. The van der Waals surface area contributed by atoms with Gasteiger partial charge in [-0.25, -0.2) is 4.79 Å². The van der Waals surface area contributed by atoms with Crippen LogP contribution in [0.2, 0.25) is 0 Å². The van der Waals surface area contributed by atoms with Gasteiger partial charge in [-0.2, -0.15) is 0 Å². The van der Waals surface area contributed by atoms with Crippen LogP contribution in [0, 0.1) is 15.4 Å². The minimum atomic E-state index is -0.196. The van der Waals surface area contributed by atoms with Gasteiger partial charge >= 0.3 is 5.69 Å². The third-order valence-electron chi connectivity index (χ3n) is 2.30. The number of halogens is 1. The van der Waals surface area contributed by atoms with Crippen molar-refractivity contribution in [3.63, 3.8) is 0 Å². The number of nitrogens with zero attached hydrogens (tertiary/aromatic N) is 2. The molecular formula is C12H19IN2O2. The van der Waals surface area contributed by atoms with Gasteiger partial charge in [0.15, 0.2) is 0 Å². The van der Waals surface area contributed by atoms with E-state index in [1.807, 2.05) is 36.4 Å². The van der Waals surface area contributed by atoms with E-state index in [1.54, 1.807) is 10.8 Å². The first-order valence-corrected chi connectivity index (χ1v) is 6.90. The summed E-state index contributed by atoms with van der Waals surface area (Å²) >= 11 is 1.99. The summed E-state index contributed by atoms with van der Waals surface area (Å²) in [6.45, 7) is 9.23. The van der Waals surface area contributed by atoms with Gasteiger partial charge in [0, 0.05) is 19.3 Å². The predicted molar refractivity (Wildman–Crippen MR) is 77.4 cm³/mol. The summed E-state index contributed by atoms with van der Waals surface area (Å²) in [4.78, 5) is 24.0. The highest BCUT2D eigenvalue weighted by Crippen LogP contribution is 2.01. The molecule has 4 nitrogen and oxygen atoms in total. The molecule has 0 spiro atoms. The average Bonchev–Trinajstić information content (AvgIpc) is 2.20. The molecule has 0 atom stereocenters. The number of aromatic nitrogens is 2. The van der Waals surface area contributed by atoms with E-state index in [1.165, 1.54) is 4.57 Å². The number of rotatable bonds is 4. The van der Waals surface area contributed by atoms with Crippen molar-refractivity contribution in [3.8, 4) is 0 Å². The zero-order valence-electron chi connectivity index (χ0n) is 10.7. The van der Waals surface area contributed by atoms with E-state index in [0.29, 0.717) is 22.6 Å². The lowest BCUT2D eigenvalue weighted by Crippen LogP contribution is -2.42. The van der Waals surface area contributed by atoms with Crippen molar-refractivity contribution in [1.82, 2.24) is 9.13 Å². The lowest BCUT2D eigenvalue weighted by atomic mass is 10.2. The fraction of sp³-hybridized carbons (Fsp3) is 0.667. The Morgan fingerprint density at radius 3 is 2.12 bits per heavy atom. The zero-order chi connectivity index (χ0) is 13.2. The van der Waals surface area contributed by atoms with Gasteiger partial charge in [0.05, 0.1) is 3.57 Å².